The minimum atomic E-state index is -1.38. The van der Waals surface area contributed by atoms with E-state index in [0.29, 0.717) is 36.5 Å². The summed E-state index contributed by atoms with van der Waals surface area (Å²) in [6, 6.07) is 0. The van der Waals surface area contributed by atoms with E-state index < -0.39 is 23.4 Å². The van der Waals surface area contributed by atoms with Crippen molar-refractivity contribution in [3.8, 4) is 0 Å². The van der Waals surface area contributed by atoms with Gasteiger partial charge in [0.1, 0.15) is 5.60 Å². The predicted molar refractivity (Wildman–Crippen MR) is 130 cm³/mol. The van der Waals surface area contributed by atoms with Crippen molar-refractivity contribution < 1.29 is 20.4 Å². The van der Waals surface area contributed by atoms with Crippen LogP contribution in [-0.2, 0) is 0 Å². The van der Waals surface area contributed by atoms with Gasteiger partial charge in [-0.2, -0.15) is 0 Å². The molecular weight excluding hydrogens is 400 g/mol. The molecule has 4 N–H and O–H groups in total. The Morgan fingerprint density at radius 1 is 1.12 bits per heavy atom. The molecule has 3 aliphatic carbocycles. The van der Waals surface area contributed by atoms with Crippen molar-refractivity contribution in [1.82, 2.24) is 0 Å². The topological polar surface area (TPSA) is 80.9 Å². The van der Waals surface area contributed by atoms with Gasteiger partial charge >= 0.3 is 0 Å². The van der Waals surface area contributed by atoms with Gasteiger partial charge < -0.3 is 20.4 Å². The van der Waals surface area contributed by atoms with Gasteiger partial charge in [-0.15, -0.1) is 0 Å². The number of aliphatic hydroxyl groups is 4. The molecule has 0 aromatic carbocycles. The number of aliphatic hydroxyl groups excluding tert-OH is 2. The molecule has 0 aromatic heterocycles. The average Bonchev–Trinajstić information content (AvgIpc) is 3.06. The molecule has 0 saturated heterocycles. The maximum atomic E-state index is 10.5. The molecule has 0 heterocycles. The summed E-state index contributed by atoms with van der Waals surface area (Å²) in [6.07, 6.45) is 13.2. The second kappa shape index (κ2) is 9.90. The van der Waals surface area contributed by atoms with E-state index >= 15 is 0 Å². The minimum absolute atomic E-state index is 0.352. The van der Waals surface area contributed by atoms with Crippen LogP contribution >= 0.6 is 0 Å². The van der Waals surface area contributed by atoms with Crippen LogP contribution in [0.25, 0.3) is 0 Å². The molecule has 0 aromatic rings. The Kier molecular flexibility index (Phi) is 8.02. The van der Waals surface area contributed by atoms with E-state index in [9.17, 15) is 20.4 Å². The van der Waals surface area contributed by atoms with E-state index in [-0.39, 0.29) is 0 Å². The van der Waals surface area contributed by atoms with E-state index in [1.165, 1.54) is 37.7 Å². The molecule has 32 heavy (non-hydrogen) atoms. The lowest BCUT2D eigenvalue weighted by Gasteiger charge is -2.44. The highest BCUT2D eigenvalue weighted by Gasteiger charge is 2.50. The van der Waals surface area contributed by atoms with Gasteiger partial charge in [-0.05, 0) is 94.8 Å². The Morgan fingerprint density at radius 3 is 2.38 bits per heavy atom. The standard InChI is InChI=1S/C28H48O4/c1-6-28(32)24(29)17-20(18-25(28)30)11-12-21-10-8-16-27(5)22(13-14-23(21)27)19(2)9-7-15-26(3,4)31/h11-12,19,22-25,29-32H,6-10,13-18H2,1-5H3/b20-11?,21-12-/t19-,22+,23-,24+,25+,27+,28?/m0/s1. The van der Waals surface area contributed by atoms with Gasteiger partial charge in [0.2, 0.25) is 0 Å². The third-order valence-corrected chi connectivity index (χ3v) is 9.34. The molecule has 3 saturated carbocycles. The summed E-state index contributed by atoms with van der Waals surface area (Å²) in [7, 11) is 0. The van der Waals surface area contributed by atoms with Crippen LogP contribution in [0.15, 0.2) is 23.3 Å². The summed E-state index contributed by atoms with van der Waals surface area (Å²) >= 11 is 0. The van der Waals surface area contributed by atoms with Crippen LogP contribution in [0.3, 0.4) is 0 Å². The molecule has 0 bridgehead atoms. The maximum absolute atomic E-state index is 10.5. The highest BCUT2D eigenvalue weighted by Crippen LogP contribution is 2.60. The van der Waals surface area contributed by atoms with Crippen LogP contribution in [0.1, 0.15) is 105 Å². The Balaban J connectivity index is 1.68. The van der Waals surface area contributed by atoms with Crippen LogP contribution in [0.4, 0.5) is 0 Å². The van der Waals surface area contributed by atoms with Crippen molar-refractivity contribution >= 4 is 0 Å². The first-order chi connectivity index (χ1) is 14.9. The molecule has 0 spiro atoms. The summed E-state index contributed by atoms with van der Waals surface area (Å²) in [6.45, 7) is 10.6. The summed E-state index contributed by atoms with van der Waals surface area (Å²) in [5.41, 5.74) is 0.984. The molecule has 3 rings (SSSR count). The fraction of sp³-hybridized carbons (Fsp3) is 0.857. The van der Waals surface area contributed by atoms with E-state index in [1.807, 2.05) is 20.8 Å². The minimum Gasteiger partial charge on any atom is -0.390 e. The lowest BCUT2D eigenvalue weighted by Crippen LogP contribution is -2.54. The number of fused-ring (bicyclic) bond motifs is 1. The Hall–Kier alpha value is -0.680. The molecular formula is C28H48O4. The van der Waals surface area contributed by atoms with Gasteiger partial charge in [-0.3, -0.25) is 0 Å². The van der Waals surface area contributed by atoms with E-state index in [1.54, 1.807) is 0 Å². The first-order valence-corrected chi connectivity index (χ1v) is 13.1. The van der Waals surface area contributed by atoms with Crippen LogP contribution in [-0.4, -0.2) is 43.8 Å². The average molecular weight is 449 g/mol. The summed E-state index contributed by atoms with van der Waals surface area (Å²) in [5.74, 6) is 2.05. The fourth-order valence-corrected chi connectivity index (χ4v) is 7.26. The SMILES string of the molecule is CCC1(O)[C@H](O)CC(=C/C=C2/CCC[C@]3(C)[C@@H]([C@@H](C)CCCC(C)(C)O)CC[C@@H]23)C[C@H]1O. The molecule has 4 heteroatoms. The number of hydrogen-bond acceptors (Lipinski definition) is 4. The van der Waals surface area contributed by atoms with Crippen LogP contribution in [0.2, 0.25) is 0 Å². The van der Waals surface area contributed by atoms with E-state index in [4.69, 9.17) is 0 Å². The first-order valence-electron chi connectivity index (χ1n) is 13.1. The third-order valence-electron chi connectivity index (χ3n) is 9.34. The Morgan fingerprint density at radius 2 is 1.78 bits per heavy atom. The van der Waals surface area contributed by atoms with Crippen molar-refractivity contribution in [3.05, 3.63) is 23.3 Å². The number of allylic oxidation sites excluding steroid dienone is 3. The molecule has 0 amide bonds. The lowest BCUT2D eigenvalue weighted by molar-refractivity contribution is -0.158. The first kappa shape index (κ1) is 25.9. The van der Waals surface area contributed by atoms with Crippen molar-refractivity contribution in [2.24, 2.45) is 23.2 Å². The van der Waals surface area contributed by atoms with Gasteiger partial charge in [0.25, 0.3) is 0 Å². The van der Waals surface area contributed by atoms with Crippen LogP contribution < -0.4 is 0 Å². The smallest absolute Gasteiger partial charge is 0.117 e. The van der Waals surface area contributed by atoms with Crippen molar-refractivity contribution in [1.29, 1.82) is 0 Å². The van der Waals surface area contributed by atoms with Crippen molar-refractivity contribution in [2.45, 2.75) is 129 Å². The summed E-state index contributed by atoms with van der Waals surface area (Å²) in [5, 5.41) is 41.4. The quantitative estimate of drug-likeness (QED) is 0.427. The zero-order chi connectivity index (χ0) is 23.7. The molecule has 0 aliphatic heterocycles. The molecule has 6 atom stereocenters. The normalized spacial score (nSPS) is 40.4. The van der Waals surface area contributed by atoms with E-state index in [2.05, 4.69) is 26.0 Å². The van der Waals surface area contributed by atoms with Gasteiger partial charge in [0.15, 0.2) is 0 Å². The summed E-state index contributed by atoms with van der Waals surface area (Å²) in [4.78, 5) is 0. The summed E-state index contributed by atoms with van der Waals surface area (Å²) < 4.78 is 0. The van der Waals surface area contributed by atoms with Crippen molar-refractivity contribution in [3.63, 3.8) is 0 Å². The highest BCUT2D eigenvalue weighted by atomic mass is 16.4. The monoisotopic (exact) mass is 448 g/mol. The Bertz CT molecular complexity index is 689. The maximum Gasteiger partial charge on any atom is 0.117 e. The van der Waals surface area contributed by atoms with E-state index in [0.717, 1.165) is 30.8 Å². The van der Waals surface area contributed by atoms with Gasteiger partial charge in [-0.1, -0.05) is 56.9 Å². The lowest BCUT2D eigenvalue weighted by atomic mass is 9.60. The molecule has 3 fully saturated rings. The zero-order valence-electron chi connectivity index (χ0n) is 21.1. The molecule has 4 nitrogen and oxygen atoms in total. The largest absolute Gasteiger partial charge is 0.390 e. The third kappa shape index (κ3) is 5.35. The molecule has 0 unspecified atom stereocenters. The zero-order valence-corrected chi connectivity index (χ0v) is 21.1. The second-order valence-corrected chi connectivity index (χ2v) is 12.1. The number of hydrogen-bond donors (Lipinski definition) is 4. The fourth-order valence-electron chi connectivity index (χ4n) is 7.26. The Labute approximate surface area is 195 Å². The number of rotatable bonds is 7. The van der Waals surface area contributed by atoms with Gasteiger partial charge in [0, 0.05) is 0 Å². The van der Waals surface area contributed by atoms with Crippen molar-refractivity contribution in [2.75, 3.05) is 0 Å². The van der Waals surface area contributed by atoms with Gasteiger partial charge in [0.05, 0.1) is 17.8 Å². The molecule has 3 aliphatic rings. The van der Waals surface area contributed by atoms with Crippen LogP contribution in [0.5, 0.6) is 0 Å². The second-order valence-electron chi connectivity index (χ2n) is 12.1. The predicted octanol–water partition coefficient (Wildman–Crippen LogP) is 5.29. The highest BCUT2D eigenvalue weighted by molar-refractivity contribution is 5.27. The van der Waals surface area contributed by atoms with Gasteiger partial charge in [-0.25, -0.2) is 0 Å². The molecule has 184 valence electrons. The molecule has 0 radical (unpaired) electrons. The van der Waals surface area contributed by atoms with Crippen LogP contribution in [0, 0.1) is 23.2 Å².